The average Bonchev–Trinajstić information content (AvgIpc) is 3.53. The number of esters is 2. The van der Waals surface area contributed by atoms with Crippen LogP contribution in [-0.2, 0) is 9.47 Å². The maximum Gasteiger partial charge on any atom is 0.357 e. The summed E-state index contributed by atoms with van der Waals surface area (Å²) in [4.78, 5) is 28.7. The summed E-state index contributed by atoms with van der Waals surface area (Å²) in [6.45, 7) is 8.54. The van der Waals surface area contributed by atoms with Gasteiger partial charge in [-0.3, -0.25) is 0 Å². The molecule has 2 heterocycles. The first-order valence-electron chi connectivity index (χ1n) is 11.1. The first kappa shape index (κ1) is 30.7. The maximum absolute atomic E-state index is 14.8. The number of anilines is 1. The number of aromatic nitrogens is 2. The van der Waals surface area contributed by atoms with E-state index >= 15 is 0 Å². The molecule has 0 saturated heterocycles. The van der Waals surface area contributed by atoms with E-state index in [0.717, 1.165) is 24.5 Å². The van der Waals surface area contributed by atoms with E-state index in [1.807, 2.05) is 0 Å². The number of hydrogen-bond acceptors (Lipinski definition) is 10. The van der Waals surface area contributed by atoms with Gasteiger partial charge < -0.3 is 14.0 Å². The molecule has 0 aromatic carbocycles. The van der Waals surface area contributed by atoms with Gasteiger partial charge in [0.2, 0.25) is 5.13 Å². The summed E-state index contributed by atoms with van der Waals surface area (Å²) >= 11 is 0.821. The number of carbonyl (C=O) groups is 2. The van der Waals surface area contributed by atoms with Crippen molar-refractivity contribution in [3.63, 3.8) is 0 Å². The fourth-order valence-electron chi connectivity index (χ4n) is 3.09. The first-order chi connectivity index (χ1) is 18.1. The van der Waals surface area contributed by atoms with Crippen LogP contribution in [0.5, 0.6) is 0 Å². The predicted octanol–water partition coefficient (Wildman–Crippen LogP) is 6.25. The van der Waals surface area contributed by atoms with Crippen molar-refractivity contribution < 1.29 is 36.8 Å². The van der Waals surface area contributed by atoms with Gasteiger partial charge in [-0.25, -0.2) is 24.0 Å². The second-order valence-electron chi connectivity index (χ2n) is 7.20. The Morgan fingerprint density at radius 3 is 2.58 bits per heavy atom. The van der Waals surface area contributed by atoms with Gasteiger partial charge in [0.1, 0.15) is 17.0 Å². The number of ether oxygens (including phenoxy) is 2. The number of hydrazone groups is 1. The molecule has 0 aliphatic rings. The Kier molecular flexibility index (Phi) is 11.2. The molecule has 38 heavy (non-hydrogen) atoms. The number of alkyl halides is 2. The molecule has 0 aliphatic heterocycles. The third-order valence-corrected chi connectivity index (χ3v) is 5.94. The van der Waals surface area contributed by atoms with E-state index in [9.17, 15) is 22.8 Å². The van der Waals surface area contributed by atoms with E-state index in [1.165, 1.54) is 14.6 Å². The molecule has 14 heteroatoms. The van der Waals surface area contributed by atoms with E-state index in [0.29, 0.717) is 17.0 Å². The summed E-state index contributed by atoms with van der Waals surface area (Å²) in [6.07, 6.45) is 6.39. The number of thiazole rings is 1. The van der Waals surface area contributed by atoms with Gasteiger partial charge in [-0.2, -0.15) is 13.9 Å². The van der Waals surface area contributed by atoms with Crippen molar-refractivity contribution in [2.45, 2.75) is 32.9 Å². The number of halogens is 3. The lowest BCUT2D eigenvalue weighted by atomic mass is 9.97. The van der Waals surface area contributed by atoms with Crippen LogP contribution >= 0.6 is 20.6 Å². The van der Waals surface area contributed by atoms with Crippen LogP contribution in [0.15, 0.2) is 50.8 Å². The molecule has 0 aliphatic carbocycles. The van der Waals surface area contributed by atoms with Crippen molar-refractivity contribution in [3.8, 4) is 0 Å². The van der Waals surface area contributed by atoms with Crippen LogP contribution in [-0.4, -0.2) is 48.2 Å². The monoisotopic (exact) mass is 570 g/mol. The molecule has 0 saturated carbocycles. The number of rotatable bonds is 12. The third-order valence-electron chi connectivity index (χ3n) is 4.83. The van der Waals surface area contributed by atoms with E-state index in [-0.39, 0.29) is 35.0 Å². The SMILES string of the molecule is C=NN(/C(=C/c1onc(C(=C\F)/C(=C\C=C/C)CC)c1C(=O)OC)C(F)(F)P)c1nc(C(=O)OCC)cs1. The molecule has 0 fully saturated rings. The molecular formula is C24H26F3N4O5PS. The molecule has 9 nitrogen and oxygen atoms in total. The summed E-state index contributed by atoms with van der Waals surface area (Å²) in [6, 6.07) is 0. The Morgan fingerprint density at radius 1 is 1.34 bits per heavy atom. The van der Waals surface area contributed by atoms with Crippen molar-refractivity contribution in [2.75, 3.05) is 18.7 Å². The quantitative estimate of drug-likeness (QED) is 0.0970. The molecule has 2 aromatic heterocycles. The van der Waals surface area contributed by atoms with Crippen molar-refractivity contribution in [1.29, 1.82) is 0 Å². The van der Waals surface area contributed by atoms with Crippen LogP contribution in [0.3, 0.4) is 0 Å². The number of nitrogens with zero attached hydrogens (tertiary/aromatic N) is 4. The number of carbonyl (C=O) groups excluding carboxylic acids is 2. The van der Waals surface area contributed by atoms with Gasteiger partial charge >= 0.3 is 17.6 Å². The molecule has 1 unspecified atom stereocenters. The number of allylic oxidation sites excluding steroid dienone is 6. The lowest BCUT2D eigenvalue weighted by Crippen LogP contribution is -2.26. The molecule has 0 radical (unpaired) electrons. The highest BCUT2D eigenvalue weighted by molar-refractivity contribution is 7.18. The van der Waals surface area contributed by atoms with Crippen molar-refractivity contribution in [3.05, 3.63) is 63.9 Å². The van der Waals surface area contributed by atoms with Crippen LogP contribution in [0.4, 0.5) is 18.3 Å². The fourth-order valence-corrected chi connectivity index (χ4v) is 4.07. The predicted molar refractivity (Wildman–Crippen MR) is 143 cm³/mol. The lowest BCUT2D eigenvalue weighted by molar-refractivity contribution is 0.0519. The van der Waals surface area contributed by atoms with Crippen LogP contribution in [0, 0.1) is 0 Å². The van der Waals surface area contributed by atoms with Gasteiger partial charge in [0.05, 0.1) is 20.0 Å². The zero-order chi connectivity index (χ0) is 28.5. The highest BCUT2D eigenvalue weighted by Gasteiger charge is 2.37. The maximum atomic E-state index is 14.8. The topological polar surface area (TPSA) is 107 Å². The molecule has 0 N–H and O–H groups in total. The Bertz CT molecular complexity index is 1290. The smallest absolute Gasteiger partial charge is 0.357 e. The third kappa shape index (κ3) is 7.05. The molecule has 0 spiro atoms. The minimum atomic E-state index is -3.67. The molecule has 204 valence electrons. The van der Waals surface area contributed by atoms with Crippen LogP contribution in [0.1, 0.15) is 59.5 Å². The molecule has 2 rings (SSSR count). The van der Waals surface area contributed by atoms with Gasteiger partial charge in [0.25, 0.3) is 0 Å². The number of hydrogen-bond donors (Lipinski definition) is 0. The van der Waals surface area contributed by atoms with Gasteiger partial charge in [-0.1, -0.05) is 39.5 Å². The molecule has 1 atom stereocenters. The summed E-state index contributed by atoms with van der Waals surface area (Å²) in [5.74, 6) is -2.21. The van der Waals surface area contributed by atoms with E-state index in [2.05, 4.69) is 22.0 Å². The Morgan fingerprint density at radius 2 is 2.05 bits per heavy atom. The minimum absolute atomic E-state index is 0.0903. The van der Waals surface area contributed by atoms with Crippen LogP contribution in [0.25, 0.3) is 11.6 Å². The fraction of sp³-hybridized carbons (Fsp3) is 0.292. The highest BCUT2D eigenvalue weighted by atomic mass is 32.1. The minimum Gasteiger partial charge on any atom is -0.465 e. The van der Waals surface area contributed by atoms with E-state index in [1.54, 1.807) is 39.0 Å². The number of methoxy groups -OCH3 is 1. The Hall–Kier alpha value is -3.57. The molecular weight excluding hydrogens is 544 g/mol. The van der Waals surface area contributed by atoms with Crippen molar-refractivity contribution in [2.24, 2.45) is 5.10 Å². The summed E-state index contributed by atoms with van der Waals surface area (Å²) in [5, 5.41) is 9.23. The van der Waals surface area contributed by atoms with Gasteiger partial charge in [-0.15, -0.1) is 11.3 Å². The summed E-state index contributed by atoms with van der Waals surface area (Å²) in [7, 11) is 2.40. The second-order valence-corrected chi connectivity index (χ2v) is 8.76. The van der Waals surface area contributed by atoms with E-state index in [4.69, 9.17) is 14.0 Å². The van der Waals surface area contributed by atoms with E-state index < -0.39 is 34.6 Å². The van der Waals surface area contributed by atoms with Crippen molar-refractivity contribution >= 4 is 56.0 Å². The van der Waals surface area contributed by atoms with Crippen molar-refractivity contribution in [1.82, 2.24) is 10.1 Å². The average molecular weight is 571 g/mol. The standard InChI is InChI=1S/C24H26F3N4O5PS/c1-6-9-10-14(7-2)15(12-25)20-19(22(33)34-5)17(36-30-20)11-18(24(26,27)37)31(28-4)23-29-16(13-38-23)21(32)35-8-3/h6,9-13H,4,7-8,37H2,1-3,5H3/b9-6-,14-10-,15-12-,18-11+. The first-order valence-corrected chi connectivity index (χ1v) is 12.5. The Labute approximate surface area is 223 Å². The largest absolute Gasteiger partial charge is 0.465 e. The summed E-state index contributed by atoms with van der Waals surface area (Å²) in [5.41, 5.74) is -4.92. The van der Waals surface area contributed by atoms with Crippen LogP contribution < -0.4 is 5.01 Å². The normalized spacial score (nSPS) is 13.1. The lowest BCUT2D eigenvalue weighted by Gasteiger charge is -2.23. The van der Waals surface area contributed by atoms with Crippen LogP contribution in [0.2, 0.25) is 0 Å². The molecule has 0 amide bonds. The summed E-state index contributed by atoms with van der Waals surface area (Å²) < 4.78 is 58.6. The zero-order valence-corrected chi connectivity index (χ0v) is 23.0. The second kappa shape index (κ2) is 13.8. The Balaban J connectivity index is 2.74. The van der Waals surface area contributed by atoms with Gasteiger partial charge in [0, 0.05) is 23.7 Å². The van der Waals surface area contributed by atoms with Gasteiger partial charge in [0.15, 0.2) is 11.5 Å². The highest BCUT2D eigenvalue weighted by Crippen LogP contribution is 2.40. The molecule has 0 bridgehead atoms. The van der Waals surface area contributed by atoms with Gasteiger partial charge in [-0.05, 0) is 25.8 Å². The zero-order valence-electron chi connectivity index (χ0n) is 21.0. The molecule has 2 aromatic rings.